The van der Waals surface area contributed by atoms with Crippen molar-refractivity contribution >= 4 is 35.4 Å². The number of hydrazone groups is 1. The van der Waals surface area contributed by atoms with Gasteiger partial charge in [0.05, 0.1) is 24.2 Å². The molecule has 2 heterocycles. The van der Waals surface area contributed by atoms with Crippen molar-refractivity contribution in [3.63, 3.8) is 0 Å². The second-order valence-electron chi connectivity index (χ2n) is 7.01. The van der Waals surface area contributed by atoms with E-state index in [0.717, 1.165) is 25.7 Å². The molecule has 2 aliphatic heterocycles. The molecule has 3 atom stereocenters. The van der Waals surface area contributed by atoms with E-state index in [4.69, 9.17) is 16.3 Å². The van der Waals surface area contributed by atoms with E-state index in [1.54, 1.807) is 29.4 Å². The maximum absolute atomic E-state index is 12.9. The van der Waals surface area contributed by atoms with Crippen molar-refractivity contribution in [2.75, 3.05) is 19.0 Å². The van der Waals surface area contributed by atoms with Crippen LogP contribution in [0, 0.1) is 0 Å². The molecule has 1 aromatic rings. The molecule has 144 valence electrons. The summed E-state index contributed by atoms with van der Waals surface area (Å²) in [6, 6.07) is 5.27. The maximum Gasteiger partial charge on any atom is 0.268 e. The molecule has 1 aliphatic carbocycles. The Morgan fingerprint density at radius 2 is 2.15 bits per heavy atom. The van der Waals surface area contributed by atoms with Gasteiger partial charge in [0.15, 0.2) is 6.17 Å². The predicted octanol–water partition coefficient (Wildman–Crippen LogP) is 1.62. The first kappa shape index (κ1) is 17.9. The molecule has 1 aromatic carbocycles. The van der Waals surface area contributed by atoms with Gasteiger partial charge < -0.3 is 19.9 Å². The molecule has 0 aromatic heterocycles. The maximum atomic E-state index is 12.9. The van der Waals surface area contributed by atoms with E-state index in [2.05, 4.69) is 15.8 Å². The molecule has 2 amide bonds. The lowest BCUT2D eigenvalue weighted by Crippen LogP contribution is -2.68. The fourth-order valence-electron chi connectivity index (χ4n) is 4.18. The number of benzene rings is 1. The van der Waals surface area contributed by atoms with E-state index in [9.17, 15) is 9.59 Å². The van der Waals surface area contributed by atoms with Crippen LogP contribution in [0.5, 0.6) is 5.75 Å². The number of fused-ring (bicyclic) bond motifs is 3. The number of hydrogen-bond acceptors (Lipinski definition) is 6. The standard InChI is InChI=1S/C18H22ClN5O3/c1-27-15-7-6-11(8-12(15)19)21-16(25)9-23-13-4-2-3-5-14(13)24-10-20-22-17(24)18(23)26/h6-8,10,13-14,17,22H,2-5,9H2,1H3,(H,21,25). The average molecular weight is 392 g/mol. The number of nitrogens with one attached hydrogen (secondary N) is 2. The Kier molecular flexibility index (Phi) is 4.82. The Labute approximate surface area is 162 Å². The van der Waals surface area contributed by atoms with Gasteiger partial charge in [-0.2, -0.15) is 5.10 Å². The summed E-state index contributed by atoms with van der Waals surface area (Å²) in [6.07, 6.45) is 5.28. The van der Waals surface area contributed by atoms with E-state index in [1.165, 1.54) is 7.11 Å². The molecular weight excluding hydrogens is 370 g/mol. The third-order valence-corrected chi connectivity index (χ3v) is 5.73. The first-order chi connectivity index (χ1) is 13.1. The summed E-state index contributed by atoms with van der Waals surface area (Å²) in [7, 11) is 1.53. The highest BCUT2D eigenvalue weighted by Gasteiger charge is 2.48. The van der Waals surface area contributed by atoms with E-state index in [0.29, 0.717) is 16.5 Å². The van der Waals surface area contributed by atoms with Gasteiger partial charge in [-0.25, -0.2) is 0 Å². The van der Waals surface area contributed by atoms with Crippen LogP contribution < -0.4 is 15.5 Å². The molecule has 9 heteroatoms. The molecule has 0 bridgehead atoms. The summed E-state index contributed by atoms with van der Waals surface area (Å²) < 4.78 is 5.12. The number of halogens is 1. The van der Waals surface area contributed by atoms with Crippen LogP contribution in [-0.2, 0) is 9.59 Å². The predicted molar refractivity (Wildman–Crippen MR) is 102 cm³/mol. The Hall–Kier alpha value is -2.48. The second kappa shape index (κ2) is 7.26. The lowest BCUT2D eigenvalue weighted by Gasteiger charge is -2.50. The van der Waals surface area contributed by atoms with Crippen molar-refractivity contribution in [3.05, 3.63) is 23.2 Å². The number of amides is 2. The average Bonchev–Trinajstić information content (AvgIpc) is 3.15. The van der Waals surface area contributed by atoms with Crippen molar-refractivity contribution in [1.82, 2.24) is 15.2 Å². The number of nitrogens with zero attached hydrogens (tertiary/aromatic N) is 3. The Bertz CT molecular complexity index is 786. The van der Waals surface area contributed by atoms with Crippen LogP contribution >= 0.6 is 11.6 Å². The number of carbonyl (C=O) groups excluding carboxylic acids is 2. The summed E-state index contributed by atoms with van der Waals surface area (Å²) in [4.78, 5) is 29.2. The highest BCUT2D eigenvalue weighted by Crippen LogP contribution is 2.33. The van der Waals surface area contributed by atoms with Crippen LogP contribution in [0.3, 0.4) is 0 Å². The number of anilines is 1. The number of rotatable bonds is 4. The molecule has 2 fully saturated rings. The molecule has 1 saturated heterocycles. The third-order valence-electron chi connectivity index (χ3n) is 5.43. The highest BCUT2D eigenvalue weighted by molar-refractivity contribution is 6.32. The van der Waals surface area contributed by atoms with Gasteiger partial charge in [-0.1, -0.05) is 24.4 Å². The van der Waals surface area contributed by atoms with Gasteiger partial charge in [0.1, 0.15) is 18.6 Å². The second-order valence-corrected chi connectivity index (χ2v) is 7.41. The fourth-order valence-corrected chi connectivity index (χ4v) is 4.44. The number of hydrogen-bond donors (Lipinski definition) is 2. The number of piperazine rings is 1. The molecule has 1 saturated carbocycles. The Morgan fingerprint density at radius 3 is 2.89 bits per heavy atom. The minimum absolute atomic E-state index is 0.00959. The first-order valence-electron chi connectivity index (χ1n) is 9.08. The van der Waals surface area contributed by atoms with Gasteiger partial charge in [-0.15, -0.1) is 0 Å². The highest BCUT2D eigenvalue weighted by atomic mass is 35.5. The van der Waals surface area contributed by atoms with Gasteiger partial charge >= 0.3 is 0 Å². The molecule has 3 aliphatic rings. The summed E-state index contributed by atoms with van der Waals surface area (Å²) in [5.41, 5.74) is 3.42. The third kappa shape index (κ3) is 3.29. The molecule has 0 spiro atoms. The van der Waals surface area contributed by atoms with Gasteiger partial charge in [0.25, 0.3) is 5.91 Å². The lowest BCUT2D eigenvalue weighted by atomic mass is 9.85. The van der Waals surface area contributed by atoms with Crippen molar-refractivity contribution in [1.29, 1.82) is 0 Å². The van der Waals surface area contributed by atoms with Gasteiger partial charge in [-0.05, 0) is 31.0 Å². The van der Waals surface area contributed by atoms with Gasteiger partial charge in [0.2, 0.25) is 5.91 Å². The molecule has 0 radical (unpaired) electrons. The Balaban J connectivity index is 1.48. The smallest absolute Gasteiger partial charge is 0.268 e. The summed E-state index contributed by atoms with van der Waals surface area (Å²) >= 11 is 6.11. The zero-order chi connectivity index (χ0) is 19.0. The van der Waals surface area contributed by atoms with Gasteiger partial charge in [-0.3, -0.25) is 15.0 Å². The van der Waals surface area contributed by atoms with Crippen LogP contribution in [0.15, 0.2) is 23.3 Å². The minimum Gasteiger partial charge on any atom is -0.495 e. The number of ether oxygens (including phenoxy) is 1. The quantitative estimate of drug-likeness (QED) is 0.814. The molecule has 3 unspecified atom stereocenters. The largest absolute Gasteiger partial charge is 0.495 e. The van der Waals surface area contributed by atoms with E-state index in [-0.39, 0.29) is 30.4 Å². The monoisotopic (exact) mass is 391 g/mol. The normalized spacial score (nSPS) is 26.3. The molecule has 2 N–H and O–H groups in total. The molecule has 4 rings (SSSR count). The summed E-state index contributed by atoms with van der Waals surface area (Å²) in [6.45, 7) is 0.00959. The van der Waals surface area contributed by atoms with Crippen molar-refractivity contribution in [3.8, 4) is 5.75 Å². The van der Waals surface area contributed by atoms with Crippen LogP contribution in [0.1, 0.15) is 25.7 Å². The molecule has 8 nitrogen and oxygen atoms in total. The Morgan fingerprint density at radius 1 is 1.37 bits per heavy atom. The summed E-state index contributed by atoms with van der Waals surface area (Å²) in [5, 5.41) is 7.29. The van der Waals surface area contributed by atoms with E-state index in [1.807, 2.05) is 4.90 Å². The zero-order valence-electron chi connectivity index (χ0n) is 15.0. The van der Waals surface area contributed by atoms with E-state index >= 15 is 0 Å². The minimum atomic E-state index is -0.507. The molecule has 27 heavy (non-hydrogen) atoms. The van der Waals surface area contributed by atoms with Crippen molar-refractivity contribution in [2.45, 2.75) is 43.9 Å². The summed E-state index contributed by atoms with van der Waals surface area (Å²) in [5.74, 6) is 0.179. The van der Waals surface area contributed by atoms with Crippen LogP contribution in [0.25, 0.3) is 0 Å². The number of methoxy groups -OCH3 is 1. The molecular formula is C18H22ClN5O3. The topological polar surface area (TPSA) is 86.3 Å². The van der Waals surface area contributed by atoms with Crippen LogP contribution in [-0.4, -0.2) is 59.9 Å². The van der Waals surface area contributed by atoms with Crippen molar-refractivity contribution < 1.29 is 14.3 Å². The van der Waals surface area contributed by atoms with E-state index < -0.39 is 6.17 Å². The van der Waals surface area contributed by atoms with Crippen LogP contribution in [0.2, 0.25) is 5.02 Å². The SMILES string of the molecule is COc1ccc(NC(=O)CN2C(=O)C3NN=CN3C3CCCCC32)cc1Cl. The first-order valence-corrected chi connectivity index (χ1v) is 9.46. The lowest BCUT2D eigenvalue weighted by molar-refractivity contribution is -0.151. The zero-order valence-corrected chi connectivity index (χ0v) is 15.8. The van der Waals surface area contributed by atoms with Crippen LogP contribution in [0.4, 0.5) is 5.69 Å². The fraction of sp³-hybridized carbons (Fsp3) is 0.500. The van der Waals surface area contributed by atoms with Gasteiger partial charge in [0, 0.05) is 5.69 Å². The number of carbonyl (C=O) groups is 2. The van der Waals surface area contributed by atoms with Crippen molar-refractivity contribution in [2.24, 2.45) is 5.10 Å².